The lowest BCUT2D eigenvalue weighted by molar-refractivity contribution is 0.0697. The fourth-order valence-corrected chi connectivity index (χ4v) is 1.58. The van der Waals surface area contributed by atoms with Crippen LogP contribution in [0.1, 0.15) is 24.2 Å². The Kier molecular flexibility index (Phi) is 4.97. The fourth-order valence-electron chi connectivity index (χ4n) is 1.58. The smallest absolute Gasteiger partial charge is 0.337 e. The van der Waals surface area contributed by atoms with Gasteiger partial charge in [-0.15, -0.1) is 0 Å². The maximum atomic E-state index is 11.1. The average molecular weight is 237 g/mol. The van der Waals surface area contributed by atoms with E-state index in [-0.39, 0.29) is 11.6 Å². The van der Waals surface area contributed by atoms with Gasteiger partial charge in [0.25, 0.3) is 0 Å². The van der Waals surface area contributed by atoms with Crippen LogP contribution in [-0.4, -0.2) is 30.8 Å². The molecule has 0 bridgehead atoms. The number of para-hydroxylation sites is 1. The van der Waals surface area contributed by atoms with E-state index in [9.17, 15) is 4.79 Å². The molecule has 4 heteroatoms. The molecule has 17 heavy (non-hydrogen) atoms. The molecule has 0 saturated carbocycles. The molecular weight excluding hydrogens is 218 g/mol. The van der Waals surface area contributed by atoms with Crippen LogP contribution < -0.4 is 5.32 Å². The summed E-state index contributed by atoms with van der Waals surface area (Å²) in [6, 6.07) is 7.00. The number of benzene rings is 1. The van der Waals surface area contributed by atoms with Crippen molar-refractivity contribution in [2.75, 3.05) is 19.0 Å². The molecule has 0 saturated heterocycles. The van der Waals surface area contributed by atoms with Gasteiger partial charge in [0.05, 0.1) is 18.2 Å². The van der Waals surface area contributed by atoms with Crippen LogP contribution >= 0.6 is 0 Å². The van der Waals surface area contributed by atoms with Crippen LogP contribution in [0.3, 0.4) is 0 Å². The maximum Gasteiger partial charge on any atom is 0.337 e. The van der Waals surface area contributed by atoms with Gasteiger partial charge in [-0.25, -0.2) is 4.79 Å². The summed E-state index contributed by atoms with van der Waals surface area (Å²) >= 11 is 0. The molecule has 0 amide bonds. The molecule has 0 spiro atoms. The van der Waals surface area contributed by atoms with E-state index in [0.717, 1.165) is 0 Å². The van der Waals surface area contributed by atoms with Crippen molar-refractivity contribution < 1.29 is 14.6 Å². The molecule has 0 aromatic heterocycles. The highest BCUT2D eigenvalue weighted by Crippen LogP contribution is 2.18. The van der Waals surface area contributed by atoms with Crippen molar-refractivity contribution in [3.05, 3.63) is 29.8 Å². The van der Waals surface area contributed by atoms with Gasteiger partial charge >= 0.3 is 5.97 Å². The summed E-state index contributed by atoms with van der Waals surface area (Å²) in [5.41, 5.74) is 0.921. The molecular formula is C13H19NO3. The first-order chi connectivity index (χ1) is 8.06. The number of aromatic carboxylic acids is 1. The number of methoxy groups -OCH3 is 1. The predicted molar refractivity (Wildman–Crippen MR) is 67.5 cm³/mol. The molecule has 1 aromatic rings. The zero-order valence-corrected chi connectivity index (χ0v) is 10.4. The number of carbonyl (C=O) groups is 1. The van der Waals surface area contributed by atoms with Gasteiger partial charge in [-0.3, -0.25) is 0 Å². The second-order valence-electron chi connectivity index (χ2n) is 4.30. The van der Waals surface area contributed by atoms with Crippen LogP contribution in [-0.2, 0) is 4.74 Å². The molecule has 0 fully saturated rings. The molecule has 0 heterocycles. The summed E-state index contributed by atoms with van der Waals surface area (Å²) in [5, 5.41) is 12.3. The normalized spacial score (nSPS) is 12.5. The Morgan fingerprint density at radius 3 is 2.59 bits per heavy atom. The standard InChI is InChI=1S/C13H19NO3/c1-9(2)12(8-17-3)14-11-7-5-4-6-10(11)13(15)16/h4-7,9,12,14H,8H2,1-3H3,(H,15,16). The number of rotatable bonds is 6. The monoisotopic (exact) mass is 237 g/mol. The SMILES string of the molecule is COCC(Nc1ccccc1C(=O)O)C(C)C. The topological polar surface area (TPSA) is 58.6 Å². The van der Waals surface area contributed by atoms with E-state index in [2.05, 4.69) is 19.2 Å². The van der Waals surface area contributed by atoms with E-state index in [1.165, 1.54) is 0 Å². The van der Waals surface area contributed by atoms with Crippen molar-refractivity contribution in [3.8, 4) is 0 Å². The number of hydrogen-bond acceptors (Lipinski definition) is 3. The summed E-state index contributed by atoms with van der Waals surface area (Å²) < 4.78 is 5.13. The number of carboxylic acid groups (broad SMARTS) is 1. The van der Waals surface area contributed by atoms with E-state index >= 15 is 0 Å². The van der Waals surface area contributed by atoms with Crippen LogP contribution in [0.4, 0.5) is 5.69 Å². The van der Waals surface area contributed by atoms with Gasteiger partial charge in [0, 0.05) is 12.8 Å². The van der Waals surface area contributed by atoms with Gasteiger partial charge in [0.2, 0.25) is 0 Å². The third-order valence-electron chi connectivity index (χ3n) is 2.65. The van der Waals surface area contributed by atoms with Crippen molar-refractivity contribution in [2.24, 2.45) is 5.92 Å². The first kappa shape index (κ1) is 13.5. The van der Waals surface area contributed by atoms with Crippen LogP contribution in [0.25, 0.3) is 0 Å². The highest BCUT2D eigenvalue weighted by atomic mass is 16.5. The average Bonchev–Trinajstić information content (AvgIpc) is 2.28. The lowest BCUT2D eigenvalue weighted by atomic mass is 10.0. The number of hydrogen-bond donors (Lipinski definition) is 2. The fraction of sp³-hybridized carbons (Fsp3) is 0.462. The Bertz CT molecular complexity index is 377. The third-order valence-corrected chi connectivity index (χ3v) is 2.65. The summed E-state index contributed by atoms with van der Waals surface area (Å²) in [6.07, 6.45) is 0. The van der Waals surface area contributed by atoms with Gasteiger partial charge in [-0.2, -0.15) is 0 Å². The molecule has 0 aliphatic carbocycles. The molecule has 0 radical (unpaired) electrons. The summed E-state index contributed by atoms with van der Waals surface area (Å²) in [4.78, 5) is 11.1. The minimum absolute atomic E-state index is 0.0977. The highest BCUT2D eigenvalue weighted by molar-refractivity contribution is 5.94. The van der Waals surface area contributed by atoms with E-state index in [1.807, 2.05) is 6.07 Å². The van der Waals surface area contributed by atoms with Crippen molar-refractivity contribution in [2.45, 2.75) is 19.9 Å². The minimum atomic E-state index is -0.923. The van der Waals surface area contributed by atoms with Gasteiger partial charge in [0.15, 0.2) is 0 Å². The molecule has 1 aromatic carbocycles. The maximum absolute atomic E-state index is 11.1. The van der Waals surface area contributed by atoms with Crippen molar-refractivity contribution >= 4 is 11.7 Å². The van der Waals surface area contributed by atoms with Crippen molar-refractivity contribution in [1.82, 2.24) is 0 Å². The van der Waals surface area contributed by atoms with Gasteiger partial charge in [-0.1, -0.05) is 26.0 Å². The Balaban J connectivity index is 2.88. The zero-order chi connectivity index (χ0) is 12.8. The van der Waals surface area contributed by atoms with Gasteiger partial charge < -0.3 is 15.2 Å². The highest BCUT2D eigenvalue weighted by Gasteiger charge is 2.16. The first-order valence-electron chi connectivity index (χ1n) is 5.64. The Morgan fingerprint density at radius 2 is 2.06 bits per heavy atom. The molecule has 4 nitrogen and oxygen atoms in total. The second kappa shape index (κ2) is 6.25. The van der Waals surface area contributed by atoms with Crippen LogP contribution in [0, 0.1) is 5.92 Å². The predicted octanol–water partition coefficient (Wildman–Crippen LogP) is 2.47. The Labute approximate surface area is 102 Å². The number of anilines is 1. The van der Waals surface area contributed by atoms with Crippen LogP contribution in [0.2, 0.25) is 0 Å². The number of nitrogens with one attached hydrogen (secondary N) is 1. The summed E-state index contributed by atoms with van der Waals surface area (Å²) in [6.45, 7) is 4.69. The second-order valence-corrected chi connectivity index (χ2v) is 4.30. The van der Waals surface area contributed by atoms with Gasteiger partial charge in [-0.05, 0) is 18.1 Å². The quantitative estimate of drug-likeness (QED) is 0.798. The lowest BCUT2D eigenvalue weighted by Gasteiger charge is -2.23. The first-order valence-corrected chi connectivity index (χ1v) is 5.64. The molecule has 0 aliphatic heterocycles. The Morgan fingerprint density at radius 1 is 1.41 bits per heavy atom. The van der Waals surface area contributed by atoms with Crippen LogP contribution in [0.5, 0.6) is 0 Å². The van der Waals surface area contributed by atoms with Crippen molar-refractivity contribution in [3.63, 3.8) is 0 Å². The molecule has 1 atom stereocenters. The lowest BCUT2D eigenvalue weighted by Crippen LogP contribution is -2.31. The van der Waals surface area contributed by atoms with E-state index in [0.29, 0.717) is 18.2 Å². The zero-order valence-electron chi connectivity index (χ0n) is 10.4. The molecule has 0 aliphatic rings. The largest absolute Gasteiger partial charge is 0.478 e. The minimum Gasteiger partial charge on any atom is -0.478 e. The Hall–Kier alpha value is -1.55. The molecule has 1 unspecified atom stereocenters. The number of ether oxygens (including phenoxy) is 1. The molecule has 1 rings (SSSR count). The molecule has 2 N–H and O–H groups in total. The summed E-state index contributed by atoms with van der Waals surface area (Å²) in [5.74, 6) is -0.565. The third kappa shape index (κ3) is 3.75. The van der Waals surface area contributed by atoms with Crippen molar-refractivity contribution in [1.29, 1.82) is 0 Å². The molecule has 94 valence electrons. The summed E-state index contributed by atoms with van der Waals surface area (Å²) in [7, 11) is 1.64. The van der Waals surface area contributed by atoms with E-state index in [1.54, 1.807) is 25.3 Å². The van der Waals surface area contributed by atoms with Crippen LogP contribution in [0.15, 0.2) is 24.3 Å². The number of carboxylic acids is 1. The van der Waals surface area contributed by atoms with E-state index in [4.69, 9.17) is 9.84 Å². The van der Waals surface area contributed by atoms with Gasteiger partial charge in [0.1, 0.15) is 0 Å². The van der Waals surface area contributed by atoms with E-state index < -0.39 is 5.97 Å².